The van der Waals surface area contributed by atoms with Crippen LogP contribution in [0, 0.1) is 0 Å². The largest absolute Gasteiger partial charge is 0.486 e. The molecule has 2 amide bonds. The number of benzene rings is 1. The van der Waals surface area contributed by atoms with E-state index in [4.69, 9.17) is 9.47 Å². The van der Waals surface area contributed by atoms with Crippen molar-refractivity contribution in [1.82, 2.24) is 15.6 Å². The molecule has 0 spiro atoms. The van der Waals surface area contributed by atoms with Crippen LogP contribution >= 0.6 is 0 Å². The van der Waals surface area contributed by atoms with Crippen molar-refractivity contribution in [2.24, 2.45) is 0 Å². The number of pyridine rings is 1. The number of carbonyl (C=O) groups is 1. The molecule has 1 aliphatic carbocycles. The fourth-order valence-corrected chi connectivity index (χ4v) is 2.90. The molecular formula is C18H19N3O3. The number of hydrogen-bond acceptors (Lipinski definition) is 4. The fourth-order valence-electron chi connectivity index (χ4n) is 2.90. The lowest BCUT2D eigenvalue weighted by Gasteiger charge is -2.23. The minimum absolute atomic E-state index is 0.175. The maximum absolute atomic E-state index is 12.2. The van der Waals surface area contributed by atoms with Crippen LogP contribution in [0.5, 0.6) is 11.5 Å². The normalized spacial score (nSPS) is 17.0. The molecule has 1 fully saturated rings. The molecule has 1 aromatic heterocycles. The average Bonchev–Trinajstić information content (AvgIpc) is 3.41. The highest BCUT2D eigenvalue weighted by atomic mass is 16.6. The monoisotopic (exact) mass is 325 g/mol. The van der Waals surface area contributed by atoms with Crippen molar-refractivity contribution < 1.29 is 14.3 Å². The van der Waals surface area contributed by atoms with Gasteiger partial charge in [-0.2, -0.15) is 0 Å². The Hall–Kier alpha value is -2.76. The summed E-state index contributed by atoms with van der Waals surface area (Å²) in [6.45, 7) is 1.59. The molecular weight excluding hydrogens is 306 g/mol. The summed E-state index contributed by atoms with van der Waals surface area (Å²) in [4.78, 5) is 16.3. The van der Waals surface area contributed by atoms with Crippen LogP contribution in [0.3, 0.4) is 0 Å². The molecule has 1 aromatic carbocycles. The number of rotatable bonds is 4. The summed E-state index contributed by atoms with van der Waals surface area (Å²) in [5, 5.41) is 5.98. The molecule has 1 saturated carbocycles. The van der Waals surface area contributed by atoms with Gasteiger partial charge in [-0.05, 0) is 42.2 Å². The van der Waals surface area contributed by atoms with Gasteiger partial charge in [-0.1, -0.05) is 12.1 Å². The van der Waals surface area contributed by atoms with Crippen LogP contribution < -0.4 is 20.1 Å². The SMILES string of the molecule is O=C(NCc1cccnc1)NC1(c2ccc3c(c2)OCCO3)CC1. The van der Waals surface area contributed by atoms with E-state index < -0.39 is 0 Å². The number of carbonyl (C=O) groups excluding carboxylic acids is 1. The summed E-state index contributed by atoms with van der Waals surface area (Å²) in [6.07, 6.45) is 5.30. The van der Waals surface area contributed by atoms with E-state index in [2.05, 4.69) is 15.6 Å². The topological polar surface area (TPSA) is 72.5 Å². The first-order valence-electron chi connectivity index (χ1n) is 8.10. The van der Waals surface area contributed by atoms with E-state index in [1.54, 1.807) is 12.4 Å². The summed E-state index contributed by atoms with van der Waals surface area (Å²) in [6, 6.07) is 9.50. The lowest BCUT2D eigenvalue weighted by molar-refractivity contribution is 0.171. The van der Waals surface area contributed by atoms with Crippen LogP contribution in [-0.4, -0.2) is 24.2 Å². The number of aromatic nitrogens is 1. The molecule has 0 unspecified atom stereocenters. The van der Waals surface area contributed by atoms with Crippen molar-refractivity contribution in [3.63, 3.8) is 0 Å². The Labute approximate surface area is 140 Å². The van der Waals surface area contributed by atoms with E-state index in [0.717, 1.165) is 35.5 Å². The molecule has 2 heterocycles. The van der Waals surface area contributed by atoms with Gasteiger partial charge in [0.1, 0.15) is 13.2 Å². The average molecular weight is 325 g/mol. The summed E-state index contributed by atoms with van der Waals surface area (Å²) < 4.78 is 11.2. The van der Waals surface area contributed by atoms with Crippen molar-refractivity contribution in [3.05, 3.63) is 53.9 Å². The first-order valence-corrected chi connectivity index (χ1v) is 8.10. The second kappa shape index (κ2) is 6.03. The summed E-state index contributed by atoms with van der Waals surface area (Å²) in [5.41, 5.74) is 1.73. The van der Waals surface area contributed by atoms with Gasteiger partial charge in [-0.15, -0.1) is 0 Å². The quantitative estimate of drug-likeness (QED) is 0.905. The molecule has 2 N–H and O–H groups in total. The van der Waals surface area contributed by atoms with Gasteiger partial charge in [0.25, 0.3) is 0 Å². The zero-order valence-corrected chi connectivity index (χ0v) is 13.2. The molecule has 2 aliphatic rings. The van der Waals surface area contributed by atoms with Crippen LogP contribution in [0.1, 0.15) is 24.0 Å². The van der Waals surface area contributed by atoms with Gasteiger partial charge in [0, 0.05) is 18.9 Å². The van der Waals surface area contributed by atoms with Crippen molar-refractivity contribution >= 4 is 6.03 Å². The van der Waals surface area contributed by atoms with Gasteiger partial charge in [0.2, 0.25) is 0 Å². The van der Waals surface area contributed by atoms with Crippen molar-refractivity contribution in [1.29, 1.82) is 0 Å². The predicted molar refractivity (Wildman–Crippen MR) is 88.0 cm³/mol. The summed E-state index contributed by atoms with van der Waals surface area (Å²) >= 11 is 0. The predicted octanol–water partition coefficient (Wildman–Crippen LogP) is 2.34. The Bertz CT molecular complexity index is 744. The van der Waals surface area contributed by atoms with Gasteiger partial charge >= 0.3 is 6.03 Å². The van der Waals surface area contributed by atoms with Crippen LogP contribution in [0.4, 0.5) is 4.79 Å². The zero-order chi connectivity index (χ0) is 16.4. The maximum atomic E-state index is 12.2. The number of urea groups is 1. The fraction of sp³-hybridized carbons (Fsp3) is 0.333. The van der Waals surface area contributed by atoms with Crippen LogP contribution in [-0.2, 0) is 12.1 Å². The number of hydrogen-bond donors (Lipinski definition) is 2. The molecule has 0 atom stereocenters. The van der Waals surface area contributed by atoms with E-state index in [1.807, 2.05) is 30.3 Å². The van der Waals surface area contributed by atoms with Crippen molar-refractivity contribution in [2.45, 2.75) is 24.9 Å². The van der Waals surface area contributed by atoms with E-state index in [1.165, 1.54) is 0 Å². The van der Waals surface area contributed by atoms with E-state index >= 15 is 0 Å². The molecule has 6 heteroatoms. The van der Waals surface area contributed by atoms with Crippen molar-refractivity contribution in [3.8, 4) is 11.5 Å². The van der Waals surface area contributed by atoms with Crippen molar-refractivity contribution in [2.75, 3.05) is 13.2 Å². The highest BCUT2D eigenvalue weighted by Gasteiger charge is 2.46. The Balaban J connectivity index is 1.41. The summed E-state index contributed by atoms with van der Waals surface area (Å²) in [7, 11) is 0. The first-order chi connectivity index (χ1) is 11.8. The summed E-state index contributed by atoms with van der Waals surface area (Å²) in [5.74, 6) is 1.52. The van der Waals surface area contributed by atoms with Gasteiger partial charge in [-0.3, -0.25) is 4.98 Å². The van der Waals surface area contributed by atoms with Gasteiger partial charge in [0.05, 0.1) is 5.54 Å². The standard InChI is InChI=1S/C18H19N3O3/c22-17(20-12-13-2-1-7-19-11-13)21-18(5-6-18)14-3-4-15-16(10-14)24-9-8-23-15/h1-4,7,10-11H,5-6,8-9,12H2,(H2,20,21,22). The molecule has 4 rings (SSSR count). The third kappa shape index (κ3) is 2.99. The number of ether oxygens (including phenoxy) is 2. The zero-order valence-electron chi connectivity index (χ0n) is 13.2. The molecule has 0 radical (unpaired) electrons. The third-order valence-corrected chi connectivity index (χ3v) is 4.37. The molecule has 2 aromatic rings. The van der Waals surface area contributed by atoms with Crippen LogP contribution in [0.2, 0.25) is 0 Å². The second-order valence-electron chi connectivity index (χ2n) is 6.11. The van der Waals surface area contributed by atoms with Gasteiger partial charge in [-0.25, -0.2) is 4.79 Å². The lowest BCUT2D eigenvalue weighted by atomic mass is 10.0. The van der Waals surface area contributed by atoms with E-state index in [9.17, 15) is 4.79 Å². The van der Waals surface area contributed by atoms with Gasteiger partial charge in [0.15, 0.2) is 11.5 Å². The third-order valence-electron chi connectivity index (χ3n) is 4.37. The number of fused-ring (bicyclic) bond motifs is 1. The molecule has 124 valence electrons. The highest BCUT2D eigenvalue weighted by molar-refractivity contribution is 5.75. The minimum Gasteiger partial charge on any atom is -0.486 e. The number of nitrogens with one attached hydrogen (secondary N) is 2. The molecule has 0 bridgehead atoms. The Morgan fingerprint density at radius 3 is 2.75 bits per heavy atom. The van der Waals surface area contributed by atoms with E-state index in [-0.39, 0.29) is 11.6 Å². The molecule has 0 saturated heterocycles. The molecule has 24 heavy (non-hydrogen) atoms. The minimum atomic E-state index is -0.297. The first kappa shape index (κ1) is 14.8. The smallest absolute Gasteiger partial charge is 0.315 e. The van der Waals surface area contributed by atoms with Gasteiger partial charge < -0.3 is 20.1 Å². The molecule has 6 nitrogen and oxygen atoms in total. The lowest BCUT2D eigenvalue weighted by Crippen LogP contribution is -2.42. The Morgan fingerprint density at radius 1 is 1.17 bits per heavy atom. The maximum Gasteiger partial charge on any atom is 0.315 e. The number of amides is 2. The Kier molecular flexibility index (Phi) is 3.72. The second-order valence-corrected chi connectivity index (χ2v) is 6.11. The Morgan fingerprint density at radius 2 is 2.00 bits per heavy atom. The van der Waals surface area contributed by atoms with E-state index in [0.29, 0.717) is 19.8 Å². The van der Waals surface area contributed by atoms with Crippen LogP contribution in [0.15, 0.2) is 42.7 Å². The highest BCUT2D eigenvalue weighted by Crippen LogP contribution is 2.47. The molecule has 1 aliphatic heterocycles. The number of nitrogens with zero attached hydrogens (tertiary/aromatic N) is 1. The van der Waals surface area contributed by atoms with Crippen LogP contribution in [0.25, 0.3) is 0 Å².